The van der Waals surface area contributed by atoms with E-state index >= 15 is 0 Å². The van der Waals surface area contributed by atoms with Gasteiger partial charge in [0.2, 0.25) is 0 Å². The first-order valence-electron chi connectivity index (χ1n) is 6.77. The molecule has 0 aliphatic carbocycles. The molecule has 0 unspecified atom stereocenters. The Morgan fingerprint density at radius 2 is 1.12 bits per heavy atom. The van der Waals surface area contributed by atoms with E-state index in [4.69, 9.17) is 9.47 Å². The lowest BCUT2D eigenvalue weighted by molar-refractivity contribution is 0.334. The summed E-state index contributed by atoms with van der Waals surface area (Å²) in [5.41, 5.74) is 0.501. The summed E-state index contributed by atoms with van der Waals surface area (Å²) in [5, 5.41) is 20.5. The van der Waals surface area contributed by atoms with Crippen LogP contribution in [0.25, 0.3) is 0 Å². The van der Waals surface area contributed by atoms with Crippen LogP contribution in [-0.2, 0) is 6.42 Å². The quantitative estimate of drug-likeness (QED) is 0.169. The maximum atomic E-state index is 10.3. The number of rotatable bonds is 2. The highest BCUT2D eigenvalue weighted by Gasteiger charge is 2.34. The van der Waals surface area contributed by atoms with Crippen molar-refractivity contribution < 1.29 is 19.7 Å². The molecule has 2 aromatic rings. The molecule has 24 heavy (non-hydrogen) atoms. The van der Waals surface area contributed by atoms with E-state index in [9.17, 15) is 10.2 Å². The lowest BCUT2D eigenvalue weighted by Crippen LogP contribution is -2.05. The SMILES string of the molecule is CCCc1c(O)c(O)c(Br)c2c1Oc1c(Br)c(Br)c(Br)c(Br)c1O2. The molecule has 0 spiro atoms. The van der Waals surface area contributed by atoms with Gasteiger partial charge in [-0.25, -0.2) is 0 Å². The van der Waals surface area contributed by atoms with E-state index in [1.807, 2.05) is 6.92 Å². The van der Waals surface area contributed by atoms with Crippen molar-refractivity contribution in [2.45, 2.75) is 19.8 Å². The molecule has 2 N–H and O–H groups in total. The van der Waals surface area contributed by atoms with Crippen LogP contribution in [0.2, 0.25) is 0 Å². The van der Waals surface area contributed by atoms with Gasteiger partial charge in [-0.2, -0.15) is 0 Å². The van der Waals surface area contributed by atoms with Gasteiger partial charge in [-0.05, 0) is 86.1 Å². The second kappa shape index (κ2) is 6.98. The topological polar surface area (TPSA) is 58.9 Å². The number of phenolic OH excluding ortho intramolecular Hbond substituents is 2. The number of fused-ring (bicyclic) bond motifs is 2. The molecule has 4 nitrogen and oxygen atoms in total. The summed E-state index contributed by atoms with van der Waals surface area (Å²) < 4.78 is 15.2. The molecule has 1 aliphatic heterocycles. The maximum absolute atomic E-state index is 10.3. The molecule has 128 valence electrons. The fourth-order valence-corrected chi connectivity index (χ4v) is 5.01. The van der Waals surface area contributed by atoms with Crippen molar-refractivity contribution in [2.24, 2.45) is 0 Å². The lowest BCUT2D eigenvalue weighted by atomic mass is 10.1. The minimum Gasteiger partial charge on any atom is -0.504 e. The molecular weight excluding hydrogens is 644 g/mol. The van der Waals surface area contributed by atoms with Crippen LogP contribution in [0.5, 0.6) is 34.5 Å². The Balaban J connectivity index is 2.30. The van der Waals surface area contributed by atoms with Gasteiger partial charge >= 0.3 is 0 Å². The van der Waals surface area contributed by atoms with Crippen molar-refractivity contribution in [1.29, 1.82) is 0 Å². The molecule has 0 saturated carbocycles. The fourth-order valence-electron chi connectivity index (χ4n) is 2.36. The zero-order valence-electron chi connectivity index (χ0n) is 12.0. The third-order valence-electron chi connectivity index (χ3n) is 3.49. The van der Waals surface area contributed by atoms with Gasteiger partial charge in [0.15, 0.2) is 34.5 Å². The van der Waals surface area contributed by atoms with Crippen LogP contribution in [0.1, 0.15) is 18.9 Å². The van der Waals surface area contributed by atoms with Gasteiger partial charge in [0, 0.05) is 5.56 Å². The van der Waals surface area contributed by atoms with Gasteiger partial charge in [0.25, 0.3) is 0 Å². The normalized spacial score (nSPS) is 12.2. The number of aromatic hydroxyl groups is 2. The summed E-state index contributed by atoms with van der Waals surface area (Å²) in [6, 6.07) is 0. The van der Waals surface area contributed by atoms with Crippen LogP contribution in [0, 0.1) is 0 Å². The predicted octanol–water partition coefficient (Wildman–Crippen LogP) is 7.76. The molecule has 0 radical (unpaired) electrons. The van der Waals surface area contributed by atoms with Gasteiger partial charge in [0.05, 0.1) is 17.9 Å². The van der Waals surface area contributed by atoms with Crippen LogP contribution in [-0.4, -0.2) is 10.2 Å². The predicted molar refractivity (Wildman–Crippen MR) is 109 cm³/mol. The molecule has 0 bridgehead atoms. The lowest BCUT2D eigenvalue weighted by Gasteiger charge is -2.27. The third-order valence-corrected chi connectivity index (χ3v) is 8.92. The summed E-state index contributed by atoms with van der Waals surface area (Å²) in [7, 11) is 0. The van der Waals surface area contributed by atoms with E-state index in [1.54, 1.807) is 0 Å². The van der Waals surface area contributed by atoms with E-state index in [1.165, 1.54) is 0 Å². The smallest absolute Gasteiger partial charge is 0.188 e. The van der Waals surface area contributed by atoms with E-state index in [2.05, 4.69) is 79.6 Å². The van der Waals surface area contributed by atoms with Crippen LogP contribution in [0.3, 0.4) is 0 Å². The molecular formula is C15H9Br5O4. The molecule has 0 amide bonds. The van der Waals surface area contributed by atoms with Gasteiger partial charge < -0.3 is 19.7 Å². The zero-order valence-corrected chi connectivity index (χ0v) is 19.9. The van der Waals surface area contributed by atoms with Crippen molar-refractivity contribution in [3.63, 3.8) is 0 Å². The Labute approximate surface area is 180 Å². The molecule has 1 aliphatic rings. The number of phenols is 2. The first-order chi connectivity index (χ1) is 11.3. The molecule has 0 fully saturated rings. The van der Waals surface area contributed by atoms with Crippen LogP contribution >= 0.6 is 79.6 Å². The van der Waals surface area contributed by atoms with E-state index in [0.717, 1.165) is 15.4 Å². The molecule has 2 aromatic carbocycles. The average molecular weight is 653 g/mol. The number of ether oxygens (including phenoxy) is 2. The molecule has 0 saturated heterocycles. The maximum Gasteiger partial charge on any atom is 0.188 e. The van der Waals surface area contributed by atoms with Gasteiger partial charge in [-0.1, -0.05) is 13.3 Å². The van der Waals surface area contributed by atoms with E-state index in [-0.39, 0.29) is 16.0 Å². The fraction of sp³-hybridized carbons (Fsp3) is 0.200. The van der Waals surface area contributed by atoms with Crippen LogP contribution in [0.4, 0.5) is 0 Å². The average Bonchev–Trinajstić information content (AvgIpc) is 2.58. The second-order valence-corrected chi connectivity index (χ2v) is 8.98. The number of halogens is 5. The van der Waals surface area contributed by atoms with Crippen molar-refractivity contribution in [1.82, 2.24) is 0 Å². The largest absolute Gasteiger partial charge is 0.504 e. The highest BCUT2D eigenvalue weighted by Crippen LogP contribution is 2.61. The molecule has 0 atom stereocenters. The zero-order chi connectivity index (χ0) is 17.8. The number of hydrogen-bond donors (Lipinski definition) is 2. The summed E-state index contributed by atoms with van der Waals surface area (Å²) >= 11 is 17.2. The van der Waals surface area contributed by atoms with E-state index < -0.39 is 0 Å². The van der Waals surface area contributed by atoms with Crippen LogP contribution in [0.15, 0.2) is 22.4 Å². The number of benzene rings is 2. The molecule has 1 heterocycles. The highest BCUT2D eigenvalue weighted by molar-refractivity contribution is 9.15. The van der Waals surface area contributed by atoms with E-state index in [0.29, 0.717) is 43.9 Å². The summed E-state index contributed by atoms with van der Waals surface area (Å²) in [4.78, 5) is 0. The summed E-state index contributed by atoms with van der Waals surface area (Å²) in [6.45, 7) is 1.97. The summed E-state index contributed by atoms with van der Waals surface area (Å²) in [6.07, 6.45) is 1.30. The van der Waals surface area contributed by atoms with Gasteiger partial charge in [-0.15, -0.1) is 0 Å². The van der Waals surface area contributed by atoms with Crippen molar-refractivity contribution in [3.05, 3.63) is 27.9 Å². The van der Waals surface area contributed by atoms with Gasteiger partial charge in [-0.3, -0.25) is 0 Å². The Morgan fingerprint density at radius 1 is 0.667 bits per heavy atom. The van der Waals surface area contributed by atoms with Crippen molar-refractivity contribution in [2.75, 3.05) is 0 Å². The molecule has 0 aromatic heterocycles. The third kappa shape index (κ3) is 2.80. The second-order valence-electron chi connectivity index (χ2n) is 5.02. The summed E-state index contributed by atoms with van der Waals surface area (Å²) in [5.74, 6) is 1.16. The van der Waals surface area contributed by atoms with Crippen LogP contribution < -0.4 is 9.47 Å². The first kappa shape index (κ1) is 18.8. The molecule has 9 heteroatoms. The first-order valence-corrected chi connectivity index (χ1v) is 10.7. The molecule has 3 rings (SSSR count). The standard InChI is InChI=1S/C15H9Br5O4/c1-2-3-4-10(21)11(22)9(20)15-12(4)23-13-7(18)5(16)6(17)8(19)14(13)24-15/h21-22H,2-3H2,1H3. The Bertz CT molecular complexity index is 866. The number of hydrogen-bond acceptors (Lipinski definition) is 4. The minimum absolute atomic E-state index is 0.208. The minimum atomic E-state index is -0.268. The Kier molecular flexibility index (Phi) is 5.47. The van der Waals surface area contributed by atoms with Crippen molar-refractivity contribution >= 4 is 79.6 Å². The monoisotopic (exact) mass is 648 g/mol. The van der Waals surface area contributed by atoms with Gasteiger partial charge in [0.1, 0.15) is 4.47 Å². The Hall–Kier alpha value is 0.0400. The van der Waals surface area contributed by atoms with Crippen molar-refractivity contribution in [3.8, 4) is 34.5 Å². The Morgan fingerprint density at radius 3 is 1.62 bits per heavy atom. The highest BCUT2D eigenvalue weighted by atomic mass is 79.9.